The highest BCUT2D eigenvalue weighted by atomic mass is 16.1. The summed E-state index contributed by atoms with van der Waals surface area (Å²) in [6.07, 6.45) is 4.27. The van der Waals surface area contributed by atoms with E-state index in [4.69, 9.17) is 5.73 Å². The second-order valence-electron chi connectivity index (χ2n) is 9.03. The summed E-state index contributed by atoms with van der Waals surface area (Å²) in [5, 5.41) is 0. The largest absolute Gasteiger partial charge is 0.369 e. The lowest BCUT2D eigenvalue weighted by atomic mass is 9.69. The number of hydrogen-bond acceptors (Lipinski definition) is 2. The van der Waals surface area contributed by atoms with Gasteiger partial charge in [-0.15, -0.1) is 0 Å². The van der Waals surface area contributed by atoms with Crippen LogP contribution in [-0.2, 0) is 10.2 Å². The van der Waals surface area contributed by atoms with E-state index < -0.39 is 5.41 Å². The van der Waals surface area contributed by atoms with Gasteiger partial charge in [0.1, 0.15) is 0 Å². The van der Waals surface area contributed by atoms with Gasteiger partial charge in [-0.05, 0) is 55.6 Å². The van der Waals surface area contributed by atoms with Crippen molar-refractivity contribution in [3.05, 3.63) is 83.4 Å². The lowest BCUT2D eigenvalue weighted by molar-refractivity contribution is -0.122. The Morgan fingerprint density at radius 1 is 1.00 bits per heavy atom. The molecule has 1 aliphatic carbocycles. The molecule has 0 radical (unpaired) electrons. The topological polar surface area (TPSA) is 46.3 Å². The van der Waals surface area contributed by atoms with Gasteiger partial charge in [-0.25, -0.2) is 0 Å². The number of primary amides is 1. The van der Waals surface area contributed by atoms with Crippen molar-refractivity contribution < 1.29 is 4.79 Å². The predicted molar refractivity (Wildman–Crippen MR) is 118 cm³/mol. The lowest BCUT2D eigenvalue weighted by Crippen LogP contribution is -2.43. The molecular formula is C26H32N2O. The van der Waals surface area contributed by atoms with E-state index in [0.29, 0.717) is 17.8 Å². The van der Waals surface area contributed by atoms with E-state index in [-0.39, 0.29) is 5.91 Å². The SMILES string of the molecule is CC(C)=CCCN1CC2C(C1)C2CC(C(N)=O)(c1ccccc1)c1ccccc1. The number of piperidine rings is 1. The molecule has 2 aromatic rings. The van der Waals surface area contributed by atoms with Gasteiger partial charge < -0.3 is 10.6 Å². The normalized spacial score (nSPS) is 23.4. The summed E-state index contributed by atoms with van der Waals surface area (Å²) in [6.45, 7) is 7.78. The van der Waals surface area contributed by atoms with Crippen molar-refractivity contribution >= 4 is 5.91 Å². The highest BCUT2D eigenvalue weighted by Crippen LogP contribution is 2.57. The van der Waals surface area contributed by atoms with Crippen LogP contribution in [0.4, 0.5) is 0 Å². The fraction of sp³-hybridized carbons (Fsp3) is 0.423. The van der Waals surface area contributed by atoms with Gasteiger partial charge in [0.2, 0.25) is 5.91 Å². The number of nitrogens with two attached hydrogens (primary N) is 1. The number of carbonyl (C=O) groups is 1. The van der Waals surface area contributed by atoms with Crippen LogP contribution < -0.4 is 5.73 Å². The molecule has 2 fully saturated rings. The first-order valence-corrected chi connectivity index (χ1v) is 10.8. The van der Waals surface area contributed by atoms with E-state index in [1.165, 1.54) is 5.57 Å². The molecule has 2 atom stereocenters. The van der Waals surface area contributed by atoms with Crippen LogP contribution in [0.15, 0.2) is 72.3 Å². The Bertz CT molecular complexity index is 819. The van der Waals surface area contributed by atoms with Crippen LogP contribution in [0.1, 0.15) is 37.8 Å². The number of benzene rings is 2. The molecule has 4 rings (SSSR count). The highest BCUT2D eigenvalue weighted by Gasteiger charge is 2.58. The third-order valence-corrected chi connectivity index (χ3v) is 6.94. The molecule has 0 spiro atoms. The zero-order chi connectivity index (χ0) is 20.4. The van der Waals surface area contributed by atoms with Crippen LogP contribution in [-0.4, -0.2) is 30.4 Å². The summed E-state index contributed by atoms with van der Waals surface area (Å²) in [7, 11) is 0. The van der Waals surface area contributed by atoms with Crippen LogP contribution >= 0.6 is 0 Å². The first kappa shape index (κ1) is 19.9. The van der Waals surface area contributed by atoms with Crippen LogP contribution in [0.3, 0.4) is 0 Å². The van der Waals surface area contributed by atoms with Gasteiger partial charge in [0, 0.05) is 19.6 Å². The average molecular weight is 389 g/mol. The van der Waals surface area contributed by atoms with Gasteiger partial charge in [-0.3, -0.25) is 4.79 Å². The van der Waals surface area contributed by atoms with Crippen molar-refractivity contribution in [1.82, 2.24) is 4.90 Å². The second-order valence-corrected chi connectivity index (χ2v) is 9.03. The van der Waals surface area contributed by atoms with Gasteiger partial charge in [0.05, 0.1) is 5.41 Å². The average Bonchev–Trinajstić information content (AvgIpc) is 3.15. The number of likely N-dealkylation sites (tertiary alicyclic amines) is 1. The molecule has 29 heavy (non-hydrogen) atoms. The molecule has 0 aromatic heterocycles. The Morgan fingerprint density at radius 3 is 1.97 bits per heavy atom. The molecule has 1 saturated carbocycles. The Morgan fingerprint density at radius 2 is 1.52 bits per heavy atom. The fourth-order valence-electron chi connectivity index (χ4n) is 5.34. The molecule has 152 valence electrons. The van der Waals surface area contributed by atoms with Crippen molar-refractivity contribution in [3.63, 3.8) is 0 Å². The molecule has 1 amide bonds. The van der Waals surface area contributed by atoms with Gasteiger partial charge in [0.25, 0.3) is 0 Å². The maximum Gasteiger partial charge on any atom is 0.232 e. The Kier molecular flexibility index (Phi) is 5.60. The molecule has 3 nitrogen and oxygen atoms in total. The number of nitrogens with zero attached hydrogens (tertiary/aromatic N) is 1. The summed E-state index contributed by atoms with van der Waals surface area (Å²) in [5.41, 5.74) is 8.81. The smallest absolute Gasteiger partial charge is 0.232 e. The minimum atomic E-state index is -0.746. The summed E-state index contributed by atoms with van der Waals surface area (Å²) < 4.78 is 0. The molecular weight excluding hydrogens is 356 g/mol. The third kappa shape index (κ3) is 3.89. The fourth-order valence-corrected chi connectivity index (χ4v) is 5.34. The van der Waals surface area contributed by atoms with E-state index in [9.17, 15) is 4.79 Å². The quantitative estimate of drug-likeness (QED) is 0.682. The zero-order valence-corrected chi connectivity index (χ0v) is 17.6. The molecule has 2 aliphatic rings. The van der Waals surface area contributed by atoms with E-state index in [1.807, 2.05) is 36.4 Å². The van der Waals surface area contributed by atoms with Gasteiger partial charge in [-0.2, -0.15) is 0 Å². The molecule has 2 unspecified atom stereocenters. The molecule has 1 aliphatic heterocycles. The van der Waals surface area contributed by atoms with E-state index in [1.54, 1.807) is 0 Å². The predicted octanol–water partition coefficient (Wildman–Crippen LogP) is 4.38. The number of allylic oxidation sites excluding steroid dienone is 1. The van der Waals surface area contributed by atoms with Crippen LogP contribution in [0.5, 0.6) is 0 Å². The monoisotopic (exact) mass is 388 g/mol. The molecule has 1 saturated heterocycles. The lowest BCUT2D eigenvalue weighted by Gasteiger charge is -2.33. The zero-order valence-electron chi connectivity index (χ0n) is 17.6. The van der Waals surface area contributed by atoms with Crippen LogP contribution in [0.2, 0.25) is 0 Å². The number of fused-ring (bicyclic) bond motifs is 1. The van der Waals surface area contributed by atoms with Crippen molar-refractivity contribution in [2.45, 2.75) is 32.1 Å². The number of carbonyl (C=O) groups excluding carboxylic acids is 1. The summed E-state index contributed by atoms with van der Waals surface area (Å²) in [6, 6.07) is 20.3. The number of hydrogen-bond donors (Lipinski definition) is 1. The Balaban J connectivity index is 1.53. The number of amides is 1. The first-order valence-electron chi connectivity index (χ1n) is 10.8. The Labute approximate surface area is 174 Å². The van der Waals surface area contributed by atoms with E-state index in [0.717, 1.165) is 43.6 Å². The number of rotatable bonds is 8. The second kappa shape index (κ2) is 8.16. The van der Waals surface area contributed by atoms with E-state index in [2.05, 4.69) is 49.1 Å². The van der Waals surface area contributed by atoms with Crippen LogP contribution in [0.25, 0.3) is 0 Å². The van der Waals surface area contributed by atoms with Crippen molar-refractivity contribution in [2.75, 3.05) is 19.6 Å². The maximum absolute atomic E-state index is 13.0. The minimum absolute atomic E-state index is 0.236. The van der Waals surface area contributed by atoms with Crippen LogP contribution in [0, 0.1) is 17.8 Å². The summed E-state index contributed by atoms with van der Waals surface area (Å²) >= 11 is 0. The molecule has 0 bridgehead atoms. The molecule has 2 N–H and O–H groups in total. The molecule has 1 heterocycles. The first-order chi connectivity index (χ1) is 14.0. The van der Waals surface area contributed by atoms with Gasteiger partial charge >= 0.3 is 0 Å². The van der Waals surface area contributed by atoms with Gasteiger partial charge in [-0.1, -0.05) is 72.3 Å². The minimum Gasteiger partial charge on any atom is -0.369 e. The summed E-state index contributed by atoms with van der Waals surface area (Å²) in [5.74, 6) is 1.74. The maximum atomic E-state index is 13.0. The van der Waals surface area contributed by atoms with E-state index >= 15 is 0 Å². The molecule has 2 aromatic carbocycles. The van der Waals surface area contributed by atoms with Crippen molar-refractivity contribution in [2.24, 2.45) is 23.5 Å². The summed E-state index contributed by atoms with van der Waals surface area (Å²) in [4.78, 5) is 15.6. The van der Waals surface area contributed by atoms with Crippen molar-refractivity contribution in [3.8, 4) is 0 Å². The van der Waals surface area contributed by atoms with Crippen molar-refractivity contribution in [1.29, 1.82) is 0 Å². The van der Waals surface area contributed by atoms with Gasteiger partial charge in [0.15, 0.2) is 0 Å². The Hall–Kier alpha value is -2.39. The standard InChI is InChI=1S/C26H32N2O/c1-19(2)10-9-15-28-17-23-22(24(23)18-28)16-26(25(27)29,20-11-5-3-6-12-20)21-13-7-4-8-14-21/h3-8,10-14,22-24H,9,15-18H2,1-2H3,(H2,27,29). The highest BCUT2D eigenvalue weighted by molar-refractivity contribution is 5.91. The molecule has 3 heteroatoms. The third-order valence-electron chi connectivity index (χ3n) is 6.94.